The van der Waals surface area contributed by atoms with Crippen molar-refractivity contribution < 1.29 is 9.53 Å². The van der Waals surface area contributed by atoms with Crippen molar-refractivity contribution in [2.75, 3.05) is 0 Å². The smallest absolute Gasteiger partial charge is 0.311 e. The molecule has 0 amide bonds. The third-order valence-electron chi connectivity index (χ3n) is 1.39. The van der Waals surface area contributed by atoms with Crippen LogP contribution in [0.2, 0.25) is 5.15 Å². The molecule has 3 nitrogen and oxygen atoms in total. The van der Waals surface area contributed by atoms with E-state index in [-0.39, 0.29) is 5.97 Å². The van der Waals surface area contributed by atoms with E-state index in [2.05, 4.69) is 4.98 Å². The molecule has 0 radical (unpaired) electrons. The molecule has 0 aliphatic heterocycles. The highest BCUT2D eigenvalue weighted by Gasteiger charge is 2.02. The average molecular weight is 200 g/mol. The number of carbonyl (C=O) groups excluding carboxylic acids is 1. The van der Waals surface area contributed by atoms with Gasteiger partial charge in [0.05, 0.1) is 6.20 Å². The molecule has 0 aromatic carbocycles. The van der Waals surface area contributed by atoms with Gasteiger partial charge in [0, 0.05) is 6.42 Å². The van der Waals surface area contributed by atoms with E-state index in [0.717, 1.165) is 6.42 Å². The van der Waals surface area contributed by atoms with Gasteiger partial charge in [-0.05, 0) is 18.6 Å². The van der Waals surface area contributed by atoms with Crippen molar-refractivity contribution in [3.8, 4) is 5.75 Å². The second-order valence-corrected chi connectivity index (χ2v) is 2.93. The molecule has 0 unspecified atom stereocenters. The zero-order valence-electron chi connectivity index (χ0n) is 7.29. The first kappa shape index (κ1) is 9.99. The highest BCUT2D eigenvalue weighted by Crippen LogP contribution is 2.12. The van der Waals surface area contributed by atoms with Crippen LogP contribution in [0.4, 0.5) is 0 Å². The first-order valence-corrected chi connectivity index (χ1v) is 4.42. The summed E-state index contributed by atoms with van der Waals surface area (Å²) in [5.74, 6) is 0.189. The maximum Gasteiger partial charge on any atom is 0.311 e. The molecule has 1 heterocycles. The normalized spacial score (nSPS) is 9.69. The predicted octanol–water partition coefficient (Wildman–Crippen LogP) is 2.44. The number of nitrogens with zero attached hydrogens (tertiary/aromatic N) is 1. The molecule has 0 saturated heterocycles. The number of aromatic nitrogens is 1. The Hall–Kier alpha value is -1.09. The molecule has 13 heavy (non-hydrogen) atoms. The summed E-state index contributed by atoms with van der Waals surface area (Å²) in [4.78, 5) is 14.8. The van der Waals surface area contributed by atoms with Crippen molar-refractivity contribution >= 4 is 17.6 Å². The third-order valence-corrected chi connectivity index (χ3v) is 1.61. The van der Waals surface area contributed by atoms with Crippen molar-refractivity contribution in [2.45, 2.75) is 19.8 Å². The van der Waals surface area contributed by atoms with E-state index in [9.17, 15) is 4.79 Å². The number of ether oxygens (including phenoxy) is 1. The van der Waals surface area contributed by atoms with Crippen LogP contribution in [0.3, 0.4) is 0 Å². The Kier molecular flexibility index (Phi) is 3.71. The summed E-state index contributed by atoms with van der Waals surface area (Å²) >= 11 is 5.56. The molecule has 1 aromatic rings. The van der Waals surface area contributed by atoms with Crippen LogP contribution in [0.25, 0.3) is 0 Å². The molecule has 0 fully saturated rings. The maximum atomic E-state index is 11.0. The van der Waals surface area contributed by atoms with Crippen LogP contribution < -0.4 is 4.74 Å². The summed E-state index contributed by atoms with van der Waals surface area (Å²) < 4.78 is 4.95. The number of rotatable bonds is 3. The molecule has 0 N–H and O–H groups in total. The van der Waals surface area contributed by atoms with Crippen molar-refractivity contribution in [1.82, 2.24) is 4.98 Å². The first-order chi connectivity index (χ1) is 6.22. The van der Waals surface area contributed by atoms with Gasteiger partial charge in [0.2, 0.25) is 0 Å². The van der Waals surface area contributed by atoms with Gasteiger partial charge in [-0.1, -0.05) is 18.5 Å². The van der Waals surface area contributed by atoms with Crippen molar-refractivity contribution in [3.05, 3.63) is 23.5 Å². The van der Waals surface area contributed by atoms with Gasteiger partial charge < -0.3 is 4.74 Å². The number of halogens is 1. The quantitative estimate of drug-likeness (QED) is 0.555. The zero-order chi connectivity index (χ0) is 9.68. The second kappa shape index (κ2) is 4.82. The predicted molar refractivity (Wildman–Crippen MR) is 49.8 cm³/mol. The lowest BCUT2D eigenvalue weighted by Crippen LogP contribution is -2.06. The Labute approximate surface area is 81.7 Å². The van der Waals surface area contributed by atoms with Gasteiger partial charge in [-0.15, -0.1) is 0 Å². The fourth-order valence-corrected chi connectivity index (χ4v) is 0.921. The third kappa shape index (κ3) is 3.42. The van der Waals surface area contributed by atoms with Gasteiger partial charge >= 0.3 is 5.97 Å². The fraction of sp³-hybridized carbons (Fsp3) is 0.333. The standard InChI is InChI=1S/C9H10ClNO2/c1-2-3-9(12)13-7-4-5-8(10)11-6-7/h4-6H,2-3H2,1H3. The second-order valence-electron chi connectivity index (χ2n) is 2.54. The highest BCUT2D eigenvalue weighted by atomic mass is 35.5. The molecule has 0 saturated carbocycles. The summed E-state index contributed by atoms with van der Waals surface area (Å²) in [5, 5.41) is 0.385. The highest BCUT2D eigenvalue weighted by molar-refractivity contribution is 6.29. The molecule has 0 bridgehead atoms. The minimum absolute atomic E-state index is 0.244. The summed E-state index contributed by atoms with van der Waals surface area (Å²) in [5.41, 5.74) is 0. The van der Waals surface area contributed by atoms with Gasteiger partial charge in [0.1, 0.15) is 10.9 Å². The van der Waals surface area contributed by atoms with Crippen molar-refractivity contribution in [2.24, 2.45) is 0 Å². The van der Waals surface area contributed by atoms with Gasteiger partial charge in [0.25, 0.3) is 0 Å². The van der Waals surface area contributed by atoms with E-state index in [1.165, 1.54) is 6.20 Å². The molecule has 4 heteroatoms. The number of hydrogen-bond acceptors (Lipinski definition) is 3. The zero-order valence-corrected chi connectivity index (χ0v) is 8.04. The average Bonchev–Trinajstić information content (AvgIpc) is 2.09. The molecule has 70 valence electrons. The molecule has 0 atom stereocenters. The van der Waals surface area contributed by atoms with Gasteiger partial charge in [-0.25, -0.2) is 4.98 Å². The van der Waals surface area contributed by atoms with Crippen LogP contribution in [-0.2, 0) is 4.79 Å². The molecule has 0 spiro atoms. The topological polar surface area (TPSA) is 39.2 Å². The van der Waals surface area contributed by atoms with E-state index in [4.69, 9.17) is 16.3 Å². The number of pyridine rings is 1. The lowest BCUT2D eigenvalue weighted by atomic mass is 10.3. The van der Waals surface area contributed by atoms with Crippen LogP contribution in [0, 0.1) is 0 Å². The van der Waals surface area contributed by atoms with Crippen molar-refractivity contribution in [1.29, 1.82) is 0 Å². The first-order valence-electron chi connectivity index (χ1n) is 4.04. The van der Waals surface area contributed by atoms with E-state index in [0.29, 0.717) is 17.3 Å². The Morgan fingerprint density at radius 2 is 2.38 bits per heavy atom. The van der Waals surface area contributed by atoms with Crippen LogP contribution >= 0.6 is 11.6 Å². The number of esters is 1. The summed E-state index contributed by atoms with van der Waals surface area (Å²) in [7, 11) is 0. The van der Waals surface area contributed by atoms with Crippen LogP contribution in [0.1, 0.15) is 19.8 Å². The molecular weight excluding hydrogens is 190 g/mol. The Bertz CT molecular complexity index is 284. The lowest BCUT2D eigenvalue weighted by Gasteiger charge is -2.01. The van der Waals surface area contributed by atoms with Crippen LogP contribution in [0.5, 0.6) is 5.75 Å². The van der Waals surface area contributed by atoms with Crippen molar-refractivity contribution in [3.63, 3.8) is 0 Å². The van der Waals surface area contributed by atoms with E-state index in [1.54, 1.807) is 12.1 Å². The van der Waals surface area contributed by atoms with E-state index >= 15 is 0 Å². The maximum absolute atomic E-state index is 11.0. The monoisotopic (exact) mass is 199 g/mol. The minimum atomic E-state index is -0.244. The largest absolute Gasteiger partial charge is 0.425 e. The minimum Gasteiger partial charge on any atom is -0.425 e. The molecule has 1 aromatic heterocycles. The Balaban J connectivity index is 2.54. The van der Waals surface area contributed by atoms with Crippen LogP contribution in [0.15, 0.2) is 18.3 Å². The SMILES string of the molecule is CCCC(=O)Oc1ccc(Cl)nc1. The van der Waals surface area contributed by atoms with E-state index in [1.807, 2.05) is 6.92 Å². The molecular formula is C9H10ClNO2. The van der Waals surface area contributed by atoms with Gasteiger partial charge in [-0.2, -0.15) is 0 Å². The van der Waals surface area contributed by atoms with Gasteiger partial charge in [-0.3, -0.25) is 4.79 Å². The fourth-order valence-electron chi connectivity index (χ4n) is 0.809. The van der Waals surface area contributed by atoms with Gasteiger partial charge in [0.15, 0.2) is 0 Å². The lowest BCUT2D eigenvalue weighted by molar-refractivity contribution is -0.134. The molecule has 0 aliphatic rings. The Morgan fingerprint density at radius 3 is 2.92 bits per heavy atom. The van der Waals surface area contributed by atoms with E-state index < -0.39 is 0 Å². The van der Waals surface area contributed by atoms with Crippen LogP contribution in [-0.4, -0.2) is 11.0 Å². The molecule has 0 aliphatic carbocycles. The summed E-state index contributed by atoms with van der Waals surface area (Å²) in [6.07, 6.45) is 2.62. The number of hydrogen-bond donors (Lipinski definition) is 0. The Morgan fingerprint density at radius 1 is 1.62 bits per heavy atom. The number of carbonyl (C=O) groups is 1. The molecule has 1 rings (SSSR count). The summed E-state index contributed by atoms with van der Waals surface area (Å²) in [6.45, 7) is 1.92. The summed E-state index contributed by atoms with van der Waals surface area (Å²) in [6, 6.07) is 3.19.